The molecule has 0 aliphatic carbocycles. The first-order valence-electron chi connectivity index (χ1n) is 4.08. The maximum atomic E-state index is 12.3. The van der Waals surface area contributed by atoms with Gasteiger partial charge in [-0.3, -0.25) is 0 Å². The molecule has 0 fully saturated rings. The summed E-state index contributed by atoms with van der Waals surface area (Å²) in [5, 5.41) is 8.74. The fraction of sp³-hybridized carbons (Fsp3) is 0.375. The zero-order valence-corrected chi connectivity index (χ0v) is 7.88. The Balaban J connectivity index is 3.15. The number of halogens is 4. The van der Waals surface area contributed by atoms with Crippen molar-refractivity contribution in [3.63, 3.8) is 0 Å². The summed E-state index contributed by atoms with van der Waals surface area (Å²) in [5.74, 6) is -1.03. The van der Waals surface area contributed by atoms with Gasteiger partial charge in [-0.25, -0.2) is 9.37 Å². The van der Waals surface area contributed by atoms with Crippen molar-refractivity contribution >= 4 is 5.82 Å². The highest BCUT2D eigenvalue weighted by atomic mass is 19.4. The van der Waals surface area contributed by atoms with Crippen LogP contribution in [0.2, 0.25) is 0 Å². The van der Waals surface area contributed by atoms with Crippen molar-refractivity contribution in [1.82, 2.24) is 4.98 Å². The van der Waals surface area contributed by atoms with Gasteiger partial charge in [0.25, 0.3) is 0 Å². The lowest BCUT2D eigenvalue weighted by molar-refractivity contribution is -0.275. The lowest BCUT2D eigenvalue weighted by Crippen LogP contribution is -2.19. The van der Waals surface area contributed by atoms with E-state index in [0.717, 1.165) is 6.07 Å². The summed E-state index contributed by atoms with van der Waals surface area (Å²) >= 11 is 0. The number of rotatable bonds is 3. The van der Waals surface area contributed by atoms with E-state index < -0.39 is 31.1 Å². The van der Waals surface area contributed by atoms with Crippen LogP contribution in [-0.4, -0.2) is 16.5 Å². The Hall–Kier alpha value is -1.57. The normalized spacial score (nSPS) is 11.6. The van der Waals surface area contributed by atoms with Crippen LogP contribution in [0, 0.1) is 0 Å². The number of ether oxygens (including phenoxy) is 1. The molecule has 1 rings (SSSR count). The Morgan fingerprint density at radius 3 is 2.50 bits per heavy atom. The Kier molecular flexibility index (Phi) is 3.53. The smallest absolute Gasteiger partial charge is 0.404 e. The number of nitrogen functional groups attached to an aromatic ring is 1. The molecule has 1 aromatic rings. The molecule has 0 bridgehead atoms. The van der Waals surface area contributed by atoms with E-state index in [1.54, 1.807) is 0 Å². The largest absolute Gasteiger partial charge is 0.573 e. The Labute approximate surface area is 87.7 Å². The zero-order valence-electron chi connectivity index (χ0n) is 7.88. The lowest BCUT2D eigenvalue weighted by Gasteiger charge is -2.13. The van der Waals surface area contributed by atoms with Crippen molar-refractivity contribution in [1.29, 1.82) is 0 Å². The van der Waals surface area contributed by atoms with Crippen LogP contribution in [0.15, 0.2) is 6.07 Å². The van der Waals surface area contributed by atoms with Crippen molar-refractivity contribution in [2.45, 2.75) is 19.6 Å². The molecule has 3 N–H and O–H groups in total. The summed E-state index contributed by atoms with van der Waals surface area (Å²) in [4.78, 5) is 3.41. The van der Waals surface area contributed by atoms with Crippen LogP contribution < -0.4 is 10.5 Å². The first kappa shape index (κ1) is 12.5. The van der Waals surface area contributed by atoms with Gasteiger partial charge < -0.3 is 15.6 Å². The maximum absolute atomic E-state index is 12.3. The molecule has 0 amide bonds. The Morgan fingerprint density at radius 2 is 2.06 bits per heavy atom. The van der Waals surface area contributed by atoms with Crippen LogP contribution in [0.1, 0.15) is 11.3 Å². The van der Waals surface area contributed by atoms with Crippen LogP contribution in [0.5, 0.6) is 5.75 Å². The number of aromatic nitrogens is 1. The second-order valence-electron chi connectivity index (χ2n) is 2.82. The molecular formula is C8H8F4N2O2. The van der Waals surface area contributed by atoms with Crippen LogP contribution in [0.4, 0.5) is 23.4 Å². The third kappa shape index (κ3) is 2.96. The van der Waals surface area contributed by atoms with Gasteiger partial charge in [0.05, 0.1) is 6.61 Å². The number of hydrogen-bond acceptors (Lipinski definition) is 4. The Morgan fingerprint density at radius 1 is 1.44 bits per heavy atom. The molecule has 0 saturated carbocycles. The van der Waals surface area contributed by atoms with E-state index in [1.807, 2.05) is 0 Å². The highest BCUT2D eigenvalue weighted by Crippen LogP contribution is 2.28. The molecule has 0 unspecified atom stereocenters. The number of nitrogens with two attached hydrogens (primary N) is 1. The summed E-state index contributed by atoms with van der Waals surface area (Å²) in [6, 6.07) is 0.765. The topological polar surface area (TPSA) is 68.4 Å². The van der Waals surface area contributed by atoms with Gasteiger partial charge in [-0.05, 0) is 6.07 Å². The van der Waals surface area contributed by atoms with E-state index in [9.17, 15) is 17.6 Å². The zero-order chi connectivity index (χ0) is 12.3. The average molecular weight is 240 g/mol. The van der Waals surface area contributed by atoms with Crippen molar-refractivity contribution in [3.05, 3.63) is 17.3 Å². The molecule has 0 aliphatic rings. The average Bonchev–Trinajstić information content (AvgIpc) is 2.18. The van der Waals surface area contributed by atoms with E-state index in [0.29, 0.717) is 0 Å². The molecule has 0 aromatic carbocycles. The number of hydrogen-bond donors (Lipinski definition) is 2. The first-order chi connectivity index (χ1) is 7.37. The molecule has 0 spiro atoms. The monoisotopic (exact) mass is 240 g/mol. The molecule has 4 nitrogen and oxygen atoms in total. The summed E-state index contributed by atoms with van der Waals surface area (Å²) in [7, 11) is 0. The summed E-state index contributed by atoms with van der Waals surface area (Å²) < 4.78 is 51.7. The predicted octanol–water partition coefficient (Wildman–Crippen LogP) is 1.52. The molecule has 16 heavy (non-hydrogen) atoms. The van der Waals surface area contributed by atoms with Crippen molar-refractivity contribution in [2.24, 2.45) is 0 Å². The van der Waals surface area contributed by atoms with Crippen LogP contribution >= 0.6 is 0 Å². The SMILES string of the molecule is Nc1nc(CO)c(OC(F)(F)F)cc1CF. The van der Waals surface area contributed by atoms with E-state index in [-0.39, 0.29) is 11.4 Å². The highest BCUT2D eigenvalue weighted by molar-refractivity contribution is 5.46. The van der Waals surface area contributed by atoms with Gasteiger partial charge in [0.1, 0.15) is 18.2 Å². The molecule has 0 saturated heterocycles. The first-order valence-corrected chi connectivity index (χ1v) is 4.08. The Bertz CT molecular complexity index is 381. The van der Waals surface area contributed by atoms with Gasteiger partial charge in [-0.15, -0.1) is 13.2 Å². The van der Waals surface area contributed by atoms with E-state index in [4.69, 9.17) is 10.8 Å². The van der Waals surface area contributed by atoms with Gasteiger partial charge in [0, 0.05) is 5.56 Å². The quantitative estimate of drug-likeness (QED) is 0.786. The van der Waals surface area contributed by atoms with Gasteiger partial charge in [-0.1, -0.05) is 0 Å². The molecule has 1 aromatic heterocycles. The fourth-order valence-electron chi connectivity index (χ4n) is 1.02. The third-order valence-electron chi connectivity index (χ3n) is 1.69. The van der Waals surface area contributed by atoms with Gasteiger partial charge in [0.2, 0.25) is 0 Å². The summed E-state index contributed by atoms with van der Waals surface area (Å²) in [5.41, 5.74) is 4.62. The molecule has 1 heterocycles. The third-order valence-corrected chi connectivity index (χ3v) is 1.69. The molecule has 90 valence electrons. The standard InChI is InChI=1S/C8H8F4N2O2/c9-2-4-1-6(16-8(10,11)12)5(3-15)14-7(4)13/h1,15H,2-3H2,(H2,13,14). The lowest BCUT2D eigenvalue weighted by atomic mass is 10.2. The number of anilines is 1. The minimum atomic E-state index is -4.94. The van der Waals surface area contributed by atoms with E-state index in [1.165, 1.54) is 0 Å². The fourth-order valence-corrected chi connectivity index (χ4v) is 1.02. The predicted molar refractivity (Wildman–Crippen MR) is 46.1 cm³/mol. The molecule has 8 heteroatoms. The van der Waals surface area contributed by atoms with E-state index in [2.05, 4.69) is 9.72 Å². The number of aliphatic hydroxyl groups excluding tert-OH is 1. The van der Waals surface area contributed by atoms with Gasteiger partial charge in [0.15, 0.2) is 5.75 Å². The highest BCUT2D eigenvalue weighted by Gasteiger charge is 2.32. The second kappa shape index (κ2) is 4.52. The minimum Gasteiger partial charge on any atom is -0.404 e. The molecule has 0 aliphatic heterocycles. The van der Waals surface area contributed by atoms with Crippen molar-refractivity contribution in [2.75, 3.05) is 5.73 Å². The summed E-state index contributed by atoms with van der Waals surface area (Å²) in [6.07, 6.45) is -4.94. The van der Waals surface area contributed by atoms with Crippen LogP contribution in [0.25, 0.3) is 0 Å². The number of aliphatic hydroxyl groups is 1. The van der Waals surface area contributed by atoms with Gasteiger partial charge >= 0.3 is 6.36 Å². The molecule has 0 radical (unpaired) electrons. The van der Waals surface area contributed by atoms with E-state index >= 15 is 0 Å². The molecule has 0 atom stereocenters. The number of alkyl halides is 4. The van der Waals surface area contributed by atoms with Crippen LogP contribution in [0.3, 0.4) is 0 Å². The second-order valence-corrected chi connectivity index (χ2v) is 2.82. The van der Waals surface area contributed by atoms with Crippen molar-refractivity contribution in [3.8, 4) is 5.75 Å². The maximum Gasteiger partial charge on any atom is 0.573 e. The van der Waals surface area contributed by atoms with Crippen LogP contribution in [-0.2, 0) is 13.3 Å². The van der Waals surface area contributed by atoms with Gasteiger partial charge in [-0.2, -0.15) is 0 Å². The van der Waals surface area contributed by atoms with Crippen molar-refractivity contribution < 1.29 is 27.4 Å². The number of nitrogens with zero attached hydrogens (tertiary/aromatic N) is 1. The number of pyridine rings is 1. The summed E-state index contributed by atoms with van der Waals surface area (Å²) in [6.45, 7) is -1.86. The minimum absolute atomic E-state index is 0.226. The molecular weight excluding hydrogens is 232 g/mol.